The highest BCUT2D eigenvalue weighted by Gasteiger charge is 2.32. The zero-order valence-electron chi connectivity index (χ0n) is 11.9. The second-order valence-electron chi connectivity index (χ2n) is 6.69. The highest BCUT2D eigenvalue weighted by atomic mass is 16.5. The van der Waals surface area contributed by atoms with Crippen LogP contribution < -0.4 is 5.73 Å². The van der Waals surface area contributed by atoms with E-state index >= 15 is 0 Å². The van der Waals surface area contributed by atoms with Gasteiger partial charge in [0, 0.05) is 5.92 Å². The Balaban J connectivity index is 1.97. The summed E-state index contributed by atoms with van der Waals surface area (Å²) >= 11 is 0. The molecule has 0 amide bonds. The van der Waals surface area contributed by atoms with E-state index in [2.05, 4.69) is 30.9 Å². The molecule has 2 N–H and O–H groups in total. The van der Waals surface area contributed by atoms with Gasteiger partial charge in [0.15, 0.2) is 5.82 Å². The molecule has 0 aliphatic heterocycles. The summed E-state index contributed by atoms with van der Waals surface area (Å²) in [5, 5.41) is 4.08. The number of nitrogens with zero attached hydrogens (tertiary/aromatic N) is 2. The van der Waals surface area contributed by atoms with Gasteiger partial charge in [0.25, 0.3) is 0 Å². The molecule has 4 heteroatoms. The van der Waals surface area contributed by atoms with Crippen LogP contribution in [0.4, 0.5) is 0 Å². The Morgan fingerprint density at radius 3 is 2.28 bits per heavy atom. The van der Waals surface area contributed by atoms with Gasteiger partial charge < -0.3 is 10.3 Å². The van der Waals surface area contributed by atoms with E-state index < -0.39 is 0 Å². The summed E-state index contributed by atoms with van der Waals surface area (Å²) in [5.74, 6) is 2.69. The first-order valence-corrected chi connectivity index (χ1v) is 6.97. The monoisotopic (exact) mass is 251 g/mol. The number of hydrogen-bond acceptors (Lipinski definition) is 4. The zero-order valence-corrected chi connectivity index (χ0v) is 11.9. The van der Waals surface area contributed by atoms with E-state index in [4.69, 9.17) is 10.3 Å². The minimum absolute atomic E-state index is 0.169. The molecule has 2 rings (SSSR count). The van der Waals surface area contributed by atoms with Crippen LogP contribution >= 0.6 is 0 Å². The summed E-state index contributed by atoms with van der Waals surface area (Å²) in [7, 11) is 0. The van der Waals surface area contributed by atoms with E-state index in [1.165, 1.54) is 25.7 Å². The van der Waals surface area contributed by atoms with E-state index in [-0.39, 0.29) is 6.04 Å². The third-order valence-electron chi connectivity index (χ3n) is 4.16. The molecule has 0 radical (unpaired) electrons. The summed E-state index contributed by atoms with van der Waals surface area (Å²) in [6, 6.07) is -0.169. The smallest absolute Gasteiger partial charge is 0.243 e. The molecular weight excluding hydrogens is 226 g/mol. The predicted molar refractivity (Wildman–Crippen MR) is 71.1 cm³/mol. The van der Waals surface area contributed by atoms with Crippen molar-refractivity contribution < 1.29 is 4.52 Å². The minimum atomic E-state index is -0.169. The van der Waals surface area contributed by atoms with Gasteiger partial charge in [0.05, 0.1) is 6.04 Å². The van der Waals surface area contributed by atoms with Gasteiger partial charge in [0.1, 0.15) is 0 Å². The average Bonchev–Trinajstić information content (AvgIpc) is 2.77. The lowest BCUT2D eigenvalue weighted by Gasteiger charge is -2.36. The molecule has 18 heavy (non-hydrogen) atoms. The van der Waals surface area contributed by atoms with Crippen LogP contribution in [0.1, 0.15) is 77.1 Å². The molecule has 1 aliphatic rings. The highest BCUT2D eigenvalue weighted by molar-refractivity contribution is 5.00. The van der Waals surface area contributed by atoms with E-state index in [0.29, 0.717) is 17.2 Å². The van der Waals surface area contributed by atoms with Gasteiger partial charge in [-0.05, 0) is 43.9 Å². The normalized spacial score (nSPS) is 27.2. The Morgan fingerprint density at radius 2 is 1.83 bits per heavy atom. The lowest BCUT2D eigenvalue weighted by atomic mass is 9.70. The van der Waals surface area contributed by atoms with Crippen LogP contribution in [0.3, 0.4) is 0 Å². The Morgan fingerprint density at radius 1 is 1.22 bits per heavy atom. The highest BCUT2D eigenvalue weighted by Crippen LogP contribution is 2.42. The SMILES string of the molecule is C[C@@H](N)c1nc(C2CCC(C(C)(C)C)CC2)no1. The summed E-state index contributed by atoms with van der Waals surface area (Å²) in [4.78, 5) is 4.42. The van der Waals surface area contributed by atoms with Crippen molar-refractivity contribution in [1.29, 1.82) is 0 Å². The standard InChI is InChI=1S/C14H25N3O/c1-9(15)13-16-12(17-18-13)10-5-7-11(8-6-10)14(2,3)4/h9-11H,5-8,15H2,1-4H3/t9-,10?,11?/m1/s1. The predicted octanol–water partition coefficient (Wildman–Crippen LogP) is 3.41. The molecule has 1 aromatic rings. The van der Waals surface area contributed by atoms with Gasteiger partial charge >= 0.3 is 0 Å². The van der Waals surface area contributed by atoms with Crippen molar-refractivity contribution in [2.24, 2.45) is 17.1 Å². The fourth-order valence-corrected chi connectivity index (χ4v) is 2.82. The molecule has 0 unspecified atom stereocenters. The Labute approximate surface area is 109 Å². The van der Waals surface area contributed by atoms with E-state index in [0.717, 1.165) is 11.7 Å². The van der Waals surface area contributed by atoms with Crippen LogP contribution in [-0.4, -0.2) is 10.1 Å². The molecule has 102 valence electrons. The number of hydrogen-bond donors (Lipinski definition) is 1. The first-order chi connectivity index (χ1) is 8.38. The zero-order chi connectivity index (χ0) is 13.3. The first kappa shape index (κ1) is 13.5. The molecule has 1 heterocycles. The molecule has 0 bridgehead atoms. The summed E-state index contributed by atoms with van der Waals surface area (Å²) in [6.07, 6.45) is 4.85. The molecular formula is C14H25N3O. The number of rotatable bonds is 2. The van der Waals surface area contributed by atoms with Crippen molar-refractivity contribution in [3.63, 3.8) is 0 Å². The van der Waals surface area contributed by atoms with Crippen LogP contribution in [0, 0.1) is 11.3 Å². The van der Waals surface area contributed by atoms with Crippen molar-refractivity contribution in [1.82, 2.24) is 10.1 Å². The van der Waals surface area contributed by atoms with Gasteiger partial charge in [-0.3, -0.25) is 0 Å². The first-order valence-electron chi connectivity index (χ1n) is 6.97. The van der Waals surface area contributed by atoms with Gasteiger partial charge in [-0.15, -0.1) is 0 Å². The maximum absolute atomic E-state index is 5.74. The molecule has 1 saturated carbocycles. The maximum atomic E-state index is 5.74. The van der Waals surface area contributed by atoms with Crippen molar-refractivity contribution in [3.05, 3.63) is 11.7 Å². The molecule has 1 atom stereocenters. The fourth-order valence-electron chi connectivity index (χ4n) is 2.82. The molecule has 1 aliphatic carbocycles. The summed E-state index contributed by atoms with van der Waals surface area (Å²) in [5.41, 5.74) is 6.16. The average molecular weight is 251 g/mol. The van der Waals surface area contributed by atoms with Crippen LogP contribution in [0.25, 0.3) is 0 Å². The fraction of sp³-hybridized carbons (Fsp3) is 0.857. The van der Waals surface area contributed by atoms with Crippen molar-refractivity contribution in [2.45, 2.75) is 65.3 Å². The molecule has 4 nitrogen and oxygen atoms in total. The Kier molecular flexibility index (Phi) is 3.76. The Bertz CT molecular complexity index is 384. The van der Waals surface area contributed by atoms with Crippen LogP contribution in [0.5, 0.6) is 0 Å². The van der Waals surface area contributed by atoms with Crippen LogP contribution in [-0.2, 0) is 0 Å². The van der Waals surface area contributed by atoms with Gasteiger partial charge in [-0.1, -0.05) is 25.9 Å². The molecule has 0 spiro atoms. The molecule has 0 saturated heterocycles. The second kappa shape index (κ2) is 5.00. The number of nitrogens with two attached hydrogens (primary N) is 1. The van der Waals surface area contributed by atoms with Gasteiger partial charge in [-0.2, -0.15) is 4.98 Å². The summed E-state index contributed by atoms with van der Waals surface area (Å²) in [6.45, 7) is 8.87. The Hall–Kier alpha value is -0.900. The van der Waals surface area contributed by atoms with Gasteiger partial charge in [-0.25, -0.2) is 0 Å². The quantitative estimate of drug-likeness (QED) is 0.874. The largest absolute Gasteiger partial charge is 0.338 e. The lowest BCUT2D eigenvalue weighted by molar-refractivity contribution is 0.166. The van der Waals surface area contributed by atoms with Crippen molar-refractivity contribution in [3.8, 4) is 0 Å². The maximum Gasteiger partial charge on any atom is 0.243 e. The third-order valence-corrected chi connectivity index (χ3v) is 4.16. The van der Waals surface area contributed by atoms with Crippen molar-refractivity contribution >= 4 is 0 Å². The molecule has 1 fully saturated rings. The number of aromatic nitrogens is 2. The molecule has 0 aromatic carbocycles. The van der Waals surface area contributed by atoms with Crippen LogP contribution in [0.15, 0.2) is 4.52 Å². The summed E-state index contributed by atoms with van der Waals surface area (Å²) < 4.78 is 5.19. The van der Waals surface area contributed by atoms with E-state index in [1.807, 2.05) is 6.92 Å². The second-order valence-corrected chi connectivity index (χ2v) is 6.69. The topological polar surface area (TPSA) is 64.9 Å². The van der Waals surface area contributed by atoms with Crippen LogP contribution in [0.2, 0.25) is 0 Å². The van der Waals surface area contributed by atoms with E-state index in [9.17, 15) is 0 Å². The molecule has 1 aromatic heterocycles. The third kappa shape index (κ3) is 2.91. The minimum Gasteiger partial charge on any atom is -0.338 e. The van der Waals surface area contributed by atoms with Crippen molar-refractivity contribution in [2.75, 3.05) is 0 Å². The lowest BCUT2D eigenvalue weighted by Crippen LogP contribution is -2.25. The van der Waals surface area contributed by atoms with Gasteiger partial charge in [0.2, 0.25) is 5.89 Å². The van der Waals surface area contributed by atoms with E-state index in [1.54, 1.807) is 0 Å².